The molecular formula is C24H23N7O4. The number of aliphatic hydroxyl groups is 1. The number of aliphatic hydroxyl groups excluding tert-OH is 1. The lowest BCUT2D eigenvalue weighted by Gasteiger charge is -2.18. The van der Waals surface area contributed by atoms with Gasteiger partial charge in [0.15, 0.2) is 11.3 Å². The molecule has 0 aliphatic rings. The van der Waals surface area contributed by atoms with Crippen molar-refractivity contribution in [2.45, 2.75) is 20.0 Å². The van der Waals surface area contributed by atoms with Gasteiger partial charge in [-0.15, -0.1) is 0 Å². The minimum atomic E-state index is -1.08. The van der Waals surface area contributed by atoms with Crippen LogP contribution in [0.15, 0.2) is 49.1 Å². The maximum Gasteiger partial charge on any atom is 0.269 e. The van der Waals surface area contributed by atoms with Crippen molar-refractivity contribution in [3.8, 4) is 11.6 Å². The van der Waals surface area contributed by atoms with Gasteiger partial charge in [-0.05, 0) is 37.1 Å². The van der Waals surface area contributed by atoms with E-state index in [1.165, 1.54) is 6.33 Å². The molecular weight excluding hydrogens is 450 g/mol. The summed E-state index contributed by atoms with van der Waals surface area (Å²) in [4.78, 5) is 29.2. The van der Waals surface area contributed by atoms with Gasteiger partial charge in [0, 0.05) is 6.20 Å². The minimum absolute atomic E-state index is 0.0453. The van der Waals surface area contributed by atoms with Gasteiger partial charge < -0.3 is 19.9 Å². The van der Waals surface area contributed by atoms with Crippen molar-refractivity contribution in [2.24, 2.45) is 0 Å². The van der Waals surface area contributed by atoms with E-state index in [1.807, 2.05) is 26.0 Å². The van der Waals surface area contributed by atoms with Gasteiger partial charge >= 0.3 is 0 Å². The predicted octanol–water partition coefficient (Wildman–Crippen LogP) is 2.77. The third-order valence-electron chi connectivity index (χ3n) is 5.09. The van der Waals surface area contributed by atoms with Gasteiger partial charge in [-0.3, -0.25) is 4.79 Å². The van der Waals surface area contributed by atoms with Crippen molar-refractivity contribution < 1.29 is 19.4 Å². The molecule has 4 aromatic rings. The highest BCUT2D eigenvalue weighted by atomic mass is 16.5. The van der Waals surface area contributed by atoms with E-state index in [4.69, 9.17) is 21.2 Å². The first-order chi connectivity index (χ1) is 17.0. The molecule has 3 heterocycles. The van der Waals surface area contributed by atoms with E-state index in [0.717, 1.165) is 11.1 Å². The fourth-order valence-corrected chi connectivity index (χ4v) is 3.29. The number of ether oxygens (including phenoxy) is 2. The summed E-state index contributed by atoms with van der Waals surface area (Å²) in [7, 11) is 0. The summed E-state index contributed by atoms with van der Waals surface area (Å²) < 4.78 is 12.9. The molecule has 0 aliphatic carbocycles. The molecule has 3 aromatic heterocycles. The largest absolute Gasteiger partial charge is 0.461 e. The highest BCUT2D eigenvalue weighted by Gasteiger charge is 2.24. The van der Waals surface area contributed by atoms with Gasteiger partial charge in [-0.25, -0.2) is 24.5 Å². The van der Waals surface area contributed by atoms with Gasteiger partial charge in [0.25, 0.3) is 5.91 Å². The van der Waals surface area contributed by atoms with Crippen LogP contribution in [-0.4, -0.2) is 61.7 Å². The van der Waals surface area contributed by atoms with Gasteiger partial charge in [-0.1, -0.05) is 18.2 Å². The molecule has 35 heavy (non-hydrogen) atoms. The molecule has 0 bridgehead atoms. The van der Waals surface area contributed by atoms with Crippen molar-refractivity contribution in [1.82, 2.24) is 24.7 Å². The molecule has 178 valence electrons. The van der Waals surface area contributed by atoms with E-state index >= 15 is 0 Å². The van der Waals surface area contributed by atoms with Crippen LogP contribution in [0.25, 0.3) is 21.6 Å². The highest BCUT2D eigenvalue weighted by molar-refractivity contribution is 5.94. The Kier molecular flexibility index (Phi) is 7.25. The number of aryl methyl sites for hydroxylation is 2. The molecule has 11 nitrogen and oxygen atoms in total. The number of fused-ring (bicyclic) bond motifs is 1. The second kappa shape index (κ2) is 10.7. The Morgan fingerprint density at radius 1 is 1.20 bits per heavy atom. The van der Waals surface area contributed by atoms with Gasteiger partial charge in [0.1, 0.15) is 17.5 Å². The topological polar surface area (TPSA) is 129 Å². The van der Waals surface area contributed by atoms with E-state index in [-0.39, 0.29) is 25.7 Å². The highest BCUT2D eigenvalue weighted by Crippen LogP contribution is 2.27. The fraction of sp³-hybridized carbons (Fsp3) is 0.250. The van der Waals surface area contributed by atoms with Crippen LogP contribution in [0.5, 0.6) is 5.88 Å². The van der Waals surface area contributed by atoms with Crippen LogP contribution < -0.4 is 10.1 Å². The lowest BCUT2D eigenvalue weighted by molar-refractivity contribution is -0.125. The zero-order valence-corrected chi connectivity index (χ0v) is 19.2. The second-order valence-electron chi connectivity index (χ2n) is 7.67. The fourth-order valence-electron chi connectivity index (χ4n) is 3.29. The Morgan fingerprint density at radius 3 is 2.80 bits per heavy atom. The zero-order valence-electron chi connectivity index (χ0n) is 19.2. The molecule has 0 radical (unpaired) electrons. The maximum absolute atomic E-state index is 13.0. The molecule has 0 unspecified atom stereocenters. The number of hydrogen-bond donors (Lipinski definition) is 2. The summed E-state index contributed by atoms with van der Waals surface area (Å²) in [5.74, 6) is 0.0241. The Labute approximate surface area is 201 Å². The first-order valence-corrected chi connectivity index (χ1v) is 10.8. The lowest BCUT2D eigenvalue weighted by Crippen LogP contribution is -2.37. The summed E-state index contributed by atoms with van der Waals surface area (Å²) in [6, 6.07) is 8.82. The van der Waals surface area contributed by atoms with E-state index < -0.39 is 12.0 Å². The summed E-state index contributed by atoms with van der Waals surface area (Å²) in [5, 5.41) is 16.7. The molecule has 1 aromatic carbocycles. The number of carbonyl (C=O) groups excluding carboxylic acids is 1. The average molecular weight is 473 g/mol. The van der Waals surface area contributed by atoms with Crippen molar-refractivity contribution in [2.75, 3.05) is 25.1 Å². The van der Waals surface area contributed by atoms with Gasteiger partial charge in [-0.2, -0.15) is 5.10 Å². The summed E-state index contributed by atoms with van der Waals surface area (Å²) in [6.07, 6.45) is 3.41. The van der Waals surface area contributed by atoms with E-state index in [1.54, 1.807) is 35.3 Å². The molecule has 0 saturated heterocycles. The van der Waals surface area contributed by atoms with Crippen LogP contribution >= 0.6 is 0 Å². The summed E-state index contributed by atoms with van der Waals surface area (Å²) >= 11 is 0. The smallest absolute Gasteiger partial charge is 0.269 e. The van der Waals surface area contributed by atoms with E-state index in [9.17, 15) is 4.79 Å². The van der Waals surface area contributed by atoms with Crippen molar-refractivity contribution in [1.29, 1.82) is 0 Å². The van der Waals surface area contributed by atoms with Crippen LogP contribution in [-0.2, 0) is 9.53 Å². The van der Waals surface area contributed by atoms with E-state index in [0.29, 0.717) is 28.2 Å². The van der Waals surface area contributed by atoms with Crippen molar-refractivity contribution in [3.05, 3.63) is 71.6 Å². The van der Waals surface area contributed by atoms with Crippen LogP contribution in [0.2, 0.25) is 0 Å². The number of nitrogens with zero attached hydrogens (tertiary/aromatic N) is 6. The molecule has 1 amide bonds. The molecule has 4 rings (SSSR count). The second-order valence-corrected chi connectivity index (χ2v) is 7.67. The number of carbonyl (C=O) groups is 1. The van der Waals surface area contributed by atoms with Gasteiger partial charge in [0.2, 0.25) is 12.0 Å². The number of aromatic nitrogens is 5. The first kappa shape index (κ1) is 23.7. The Hall–Kier alpha value is -4.40. The van der Waals surface area contributed by atoms with Crippen molar-refractivity contribution >= 4 is 28.4 Å². The number of rotatable bonds is 9. The third-order valence-corrected chi connectivity index (χ3v) is 5.09. The first-order valence-electron chi connectivity index (χ1n) is 10.8. The predicted molar refractivity (Wildman–Crippen MR) is 128 cm³/mol. The Bertz CT molecular complexity index is 1380. The number of benzene rings is 1. The minimum Gasteiger partial charge on any atom is -0.461 e. The van der Waals surface area contributed by atoms with Crippen LogP contribution in [0.4, 0.5) is 11.5 Å². The lowest BCUT2D eigenvalue weighted by atomic mass is 10.2. The molecule has 2 N–H and O–H groups in total. The standard InChI is InChI=1S/C24H23N7O4/c1-15-4-7-21(26-11-15)30-23(33)20(13-34-9-8-32)35-24-18-12-29-31(22(18)27-14-28-24)19-10-17(25-3)6-5-16(19)2/h4-7,10-12,14,20,32H,8-9,13H2,1-2H3,(H,26,30,33)/t20-/m0/s1. The monoisotopic (exact) mass is 473 g/mol. The van der Waals surface area contributed by atoms with Crippen molar-refractivity contribution in [3.63, 3.8) is 0 Å². The number of pyridine rings is 1. The molecule has 0 aliphatic heterocycles. The number of anilines is 1. The zero-order chi connectivity index (χ0) is 24.8. The average Bonchev–Trinajstić information content (AvgIpc) is 3.30. The summed E-state index contributed by atoms with van der Waals surface area (Å²) in [5.41, 5.74) is 3.49. The van der Waals surface area contributed by atoms with Gasteiger partial charge in [0.05, 0.1) is 38.3 Å². The Balaban J connectivity index is 1.64. The number of amides is 1. The maximum atomic E-state index is 13.0. The number of hydrogen-bond acceptors (Lipinski definition) is 8. The van der Waals surface area contributed by atoms with Crippen LogP contribution in [0.1, 0.15) is 11.1 Å². The van der Waals surface area contributed by atoms with E-state index in [2.05, 4.69) is 30.2 Å². The Morgan fingerprint density at radius 2 is 2.06 bits per heavy atom. The van der Waals surface area contributed by atoms with Crippen LogP contribution in [0, 0.1) is 20.4 Å². The summed E-state index contributed by atoms with van der Waals surface area (Å²) in [6.45, 7) is 10.8. The molecule has 0 spiro atoms. The third kappa shape index (κ3) is 5.40. The molecule has 11 heteroatoms. The normalized spacial score (nSPS) is 11.7. The molecule has 0 saturated carbocycles. The molecule has 1 atom stereocenters. The van der Waals surface area contributed by atoms with Crippen LogP contribution in [0.3, 0.4) is 0 Å². The molecule has 0 fully saturated rings. The SMILES string of the molecule is [C-]#[N+]c1ccc(C)c(-n2ncc3c(O[C@@H](COCCO)C(=O)Nc4ccc(C)cn4)ncnc32)c1. The number of nitrogens with one attached hydrogen (secondary N) is 1. The quantitative estimate of drug-likeness (QED) is 0.281.